The summed E-state index contributed by atoms with van der Waals surface area (Å²) in [5, 5.41) is 4.94. The molecule has 1 saturated heterocycles. The summed E-state index contributed by atoms with van der Waals surface area (Å²) < 4.78 is 11.4. The normalized spacial score (nSPS) is 14.1. The van der Waals surface area contributed by atoms with Crippen LogP contribution >= 0.6 is 24.0 Å². The number of nitrogens with zero attached hydrogens (tertiary/aromatic N) is 5. The maximum atomic E-state index is 14.0. The van der Waals surface area contributed by atoms with E-state index in [2.05, 4.69) is 13.0 Å². The van der Waals surface area contributed by atoms with Crippen molar-refractivity contribution in [2.45, 2.75) is 33.6 Å². The fourth-order valence-electron chi connectivity index (χ4n) is 5.33. The molecule has 228 valence electrons. The lowest BCUT2D eigenvalue weighted by atomic mass is 10.0. The molecule has 1 amide bonds. The second-order valence-corrected chi connectivity index (χ2v) is 12.5. The van der Waals surface area contributed by atoms with Gasteiger partial charge in [-0.25, -0.2) is 9.36 Å². The van der Waals surface area contributed by atoms with Crippen LogP contribution in [0.3, 0.4) is 0 Å². The van der Waals surface area contributed by atoms with Crippen LogP contribution in [-0.2, 0) is 11.8 Å². The number of unbranched alkanes of at least 4 members (excludes halogenated alkanes) is 1. The third-order valence-electron chi connectivity index (χ3n) is 7.79. The summed E-state index contributed by atoms with van der Waals surface area (Å²) in [5.41, 5.74) is 5.55. The van der Waals surface area contributed by atoms with Crippen molar-refractivity contribution < 1.29 is 9.53 Å². The molecule has 0 N–H and O–H groups in total. The third-order valence-corrected chi connectivity index (χ3v) is 9.10. The van der Waals surface area contributed by atoms with Crippen LogP contribution in [0.25, 0.3) is 28.7 Å². The predicted molar refractivity (Wildman–Crippen MR) is 186 cm³/mol. The number of amides is 1. The molecule has 3 aromatic carbocycles. The lowest BCUT2D eigenvalue weighted by molar-refractivity contribution is -0.113. The molecule has 0 unspecified atom stereocenters. The van der Waals surface area contributed by atoms with Crippen molar-refractivity contribution in [1.29, 1.82) is 0 Å². The summed E-state index contributed by atoms with van der Waals surface area (Å²) in [7, 11) is 1.80. The van der Waals surface area contributed by atoms with Crippen LogP contribution in [0.4, 0.5) is 5.69 Å². The van der Waals surface area contributed by atoms with Crippen molar-refractivity contribution >= 4 is 46.0 Å². The maximum Gasteiger partial charge on any atom is 0.296 e. The second kappa shape index (κ2) is 12.7. The number of thioether (sulfide) groups is 1. The number of hydrogen-bond acceptors (Lipinski definition) is 6. The SMILES string of the molecule is CCCCOc1ccc(-c2nn(-c3ccccc3)cc2C=C2SC(=S)N(c3c(C)n(C)n(-c4ccccc4)c3=O)C2=O)cc1C. The number of rotatable bonds is 9. The molecule has 8 nitrogen and oxygen atoms in total. The molecule has 0 aliphatic carbocycles. The van der Waals surface area contributed by atoms with Gasteiger partial charge in [0.1, 0.15) is 17.1 Å². The molecule has 1 aliphatic rings. The van der Waals surface area contributed by atoms with E-state index in [9.17, 15) is 9.59 Å². The van der Waals surface area contributed by atoms with Crippen LogP contribution < -0.4 is 15.2 Å². The number of thiocarbonyl (C=S) groups is 1. The zero-order valence-electron chi connectivity index (χ0n) is 25.6. The zero-order chi connectivity index (χ0) is 31.7. The lowest BCUT2D eigenvalue weighted by Gasteiger charge is -2.12. The first-order valence-electron chi connectivity index (χ1n) is 14.8. The number of carbonyl (C=O) groups is 1. The molecule has 0 spiro atoms. The molecular weight excluding hydrogens is 603 g/mol. The van der Waals surface area contributed by atoms with E-state index in [1.165, 1.54) is 16.7 Å². The fourth-order valence-corrected chi connectivity index (χ4v) is 6.59. The maximum absolute atomic E-state index is 14.0. The molecule has 0 atom stereocenters. The quantitative estimate of drug-likeness (QED) is 0.0967. The van der Waals surface area contributed by atoms with E-state index < -0.39 is 0 Å². The molecule has 6 rings (SSSR count). The highest BCUT2D eigenvalue weighted by atomic mass is 32.2. The minimum absolute atomic E-state index is 0.252. The second-order valence-electron chi connectivity index (χ2n) is 10.8. The van der Waals surface area contributed by atoms with Crippen molar-refractivity contribution in [2.75, 3.05) is 11.5 Å². The summed E-state index contributed by atoms with van der Waals surface area (Å²) >= 11 is 6.88. The number of carbonyl (C=O) groups excluding carboxylic acids is 1. The van der Waals surface area contributed by atoms with Crippen molar-refractivity contribution in [3.63, 3.8) is 0 Å². The van der Waals surface area contributed by atoms with Crippen LogP contribution in [-0.4, -0.2) is 36.0 Å². The highest BCUT2D eigenvalue weighted by molar-refractivity contribution is 8.27. The van der Waals surface area contributed by atoms with Gasteiger partial charge in [0.2, 0.25) is 0 Å². The first kappa shape index (κ1) is 30.4. The zero-order valence-corrected chi connectivity index (χ0v) is 27.2. The van der Waals surface area contributed by atoms with E-state index in [4.69, 9.17) is 22.1 Å². The highest BCUT2D eigenvalue weighted by Gasteiger charge is 2.38. The summed E-state index contributed by atoms with van der Waals surface area (Å²) in [5.74, 6) is 0.502. The summed E-state index contributed by atoms with van der Waals surface area (Å²) in [6, 6.07) is 25.2. The van der Waals surface area contributed by atoms with Crippen LogP contribution in [0.2, 0.25) is 0 Å². The van der Waals surface area contributed by atoms with Crippen molar-refractivity contribution in [3.8, 4) is 28.4 Å². The molecule has 0 bridgehead atoms. The number of anilines is 1. The summed E-state index contributed by atoms with van der Waals surface area (Å²) in [4.78, 5) is 29.5. The first-order chi connectivity index (χ1) is 21.8. The van der Waals surface area contributed by atoms with Crippen LogP contribution in [0.1, 0.15) is 36.6 Å². The smallest absolute Gasteiger partial charge is 0.296 e. The average Bonchev–Trinajstić information content (AvgIpc) is 3.66. The Kier molecular flexibility index (Phi) is 8.60. The van der Waals surface area contributed by atoms with Crippen LogP contribution in [0.15, 0.2) is 94.8 Å². The predicted octanol–water partition coefficient (Wildman–Crippen LogP) is 7.23. The first-order valence-corrected chi connectivity index (χ1v) is 16.0. The number of hydrogen-bond donors (Lipinski definition) is 0. The third kappa shape index (κ3) is 5.79. The monoisotopic (exact) mass is 635 g/mol. The molecule has 0 radical (unpaired) electrons. The van der Waals surface area contributed by atoms with Crippen LogP contribution in [0, 0.1) is 13.8 Å². The molecular formula is C35H33N5O3S2. The van der Waals surface area contributed by atoms with Crippen LogP contribution in [0.5, 0.6) is 5.75 Å². The van der Waals surface area contributed by atoms with Gasteiger partial charge < -0.3 is 4.74 Å². The summed E-state index contributed by atoms with van der Waals surface area (Å²) in [6.07, 6.45) is 5.79. The molecule has 5 aromatic rings. The number of para-hydroxylation sites is 2. The Morgan fingerprint density at radius 3 is 2.31 bits per heavy atom. The molecule has 1 fully saturated rings. The topological polar surface area (TPSA) is 74.3 Å². The molecule has 45 heavy (non-hydrogen) atoms. The van der Waals surface area contributed by atoms with Gasteiger partial charge in [0, 0.05) is 24.4 Å². The van der Waals surface area contributed by atoms with E-state index in [-0.39, 0.29) is 17.2 Å². The number of aromatic nitrogens is 4. The van der Waals surface area contributed by atoms with Crippen molar-refractivity contribution in [1.82, 2.24) is 19.1 Å². The average molecular weight is 636 g/mol. The van der Waals surface area contributed by atoms with Gasteiger partial charge in [0.05, 0.1) is 28.6 Å². The van der Waals surface area contributed by atoms with Gasteiger partial charge >= 0.3 is 0 Å². The Morgan fingerprint density at radius 1 is 0.956 bits per heavy atom. The van der Waals surface area contributed by atoms with Gasteiger partial charge in [-0.2, -0.15) is 5.10 Å². The minimum Gasteiger partial charge on any atom is -0.493 e. The Bertz CT molecular complexity index is 1990. The largest absolute Gasteiger partial charge is 0.493 e. The van der Waals surface area contributed by atoms with Gasteiger partial charge in [-0.1, -0.05) is 73.7 Å². The van der Waals surface area contributed by atoms with E-state index in [1.54, 1.807) is 16.4 Å². The van der Waals surface area contributed by atoms with Gasteiger partial charge in [-0.05, 0) is 74.4 Å². The van der Waals surface area contributed by atoms with Gasteiger partial charge in [0.15, 0.2) is 4.32 Å². The van der Waals surface area contributed by atoms with Gasteiger partial charge in [-0.15, -0.1) is 0 Å². The Morgan fingerprint density at radius 2 is 1.64 bits per heavy atom. The Labute approximate surface area is 271 Å². The number of ether oxygens (including phenoxy) is 1. The Balaban J connectivity index is 1.40. The fraction of sp³-hybridized carbons (Fsp3) is 0.200. The van der Waals surface area contributed by atoms with E-state index in [0.717, 1.165) is 46.7 Å². The Hall–Kier alpha value is -4.67. The van der Waals surface area contributed by atoms with E-state index >= 15 is 0 Å². The standard InChI is InChI=1S/C35H33N5O3S2/c1-5-6-19-43-29-18-17-25(20-23(29)2)31-26(22-38(36-31)27-13-9-7-10-14-27)21-30-33(41)39(35(44)45-30)32-24(3)37(4)40(34(32)42)28-15-11-8-12-16-28/h7-18,20-22H,5-6,19H2,1-4H3. The molecule has 3 heterocycles. The van der Waals surface area contributed by atoms with Gasteiger partial charge in [-0.3, -0.25) is 19.2 Å². The molecule has 10 heteroatoms. The molecule has 0 saturated carbocycles. The van der Waals surface area contributed by atoms with Crippen molar-refractivity contribution in [2.24, 2.45) is 7.05 Å². The number of aryl methyl sites for hydroxylation is 1. The summed E-state index contributed by atoms with van der Waals surface area (Å²) in [6.45, 7) is 6.65. The van der Waals surface area contributed by atoms with E-state index in [1.807, 2.05) is 104 Å². The lowest BCUT2D eigenvalue weighted by Crippen LogP contribution is -2.33. The minimum atomic E-state index is -0.342. The highest BCUT2D eigenvalue weighted by Crippen LogP contribution is 2.38. The number of benzene rings is 3. The molecule has 1 aliphatic heterocycles. The van der Waals surface area contributed by atoms with Crippen molar-refractivity contribution in [3.05, 3.63) is 117 Å². The van der Waals surface area contributed by atoms with Gasteiger partial charge in [0.25, 0.3) is 11.5 Å². The van der Waals surface area contributed by atoms with E-state index in [0.29, 0.717) is 27.2 Å². The molecule has 2 aromatic heterocycles.